The van der Waals surface area contributed by atoms with Crippen LogP contribution >= 0.6 is 0 Å². The minimum atomic E-state index is -0.0898. The SMILES string of the molecule is CC1(C)c2ccc(C#N)cc2-c2ccc(Nc3ccc(-c4ccccc4)cc3)cc21. The Balaban J connectivity index is 1.46. The maximum Gasteiger partial charge on any atom is 0.0991 e. The molecule has 0 bridgehead atoms. The van der Waals surface area contributed by atoms with Crippen molar-refractivity contribution in [1.29, 1.82) is 5.26 Å². The van der Waals surface area contributed by atoms with Gasteiger partial charge in [0.15, 0.2) is 0 Å². The summed E-state index contributed by atoms with van der Waals surface area (Å²) in [5.74, 6) is 0. The lowest BCUT2D eigenvalue weighted by Gasteiger charge is -2.22. The highest BCUT2D eigenvalue weighted by Gasteiger charge is 2.35. The number of hydrogen-bond donors (Lipinski definition) is 1. The molecule has 0 radical (unpaired) electrons. The van der Waals surface area contributed by atoms with Gasteiger partial charge in [0.05, 0.1) is 11.6 Å². The van der Waals surface area contributed by atoms with E-state index in [4.69, 9.17) is 0 Å². The second-order valence-electron chi connectivity index (χ2n) is 8.33. The smallest absolute Gasteiger partial charge is 0.0991 e. The molecule has 0 aliphatic heterocycles. The van der Waals surface area contributed by atoms with Crippen molar-refractivity contribution >= 4 is 11.4 Å². The molecule has 0 saturated heterocycles. The Morgan fingerprint density at radius 2 is 1.37 bits per heavy atom. The van der Waals surface area contributed by atoms with Crippen molar-refractivity contribution in [2.24, 2.45) is 0 Å². The van der Waals surface area contributed by atoms with Gasteiger partial charge in [0.2, 0.25) is 0 Å². The van der Waals surface area contributed by atoms with Crippen molar-refractivity contribution in [2.45, 2.75) is 19.3 Å². The second kappa shape index (κ2) is 6.90. The van der Waals surface area contributed by atoms with E-state index in [9.17, 15) is 5.26 Å². The second-order valence-corrected chi connectivity index (χ2v) is 8.33. The van der Waals surface area contributed by atoms with Gasteiger partial charge in [-0.05, 0) is 69.8 Å². The maximum atomic E-state index is 9.29. The van der Waals surface area contributed by atoms with Gasteiger partial charge >= 0.3 is 0 Å². The van der Waals surface area contributed by atoms with Crippen LogP contribution in [0.3, 0.4) is 0 Å². The van der Waals surface area contributed by atoms with Crippen LogP contribution in [0.15, 0.2) is 91.0 Å². The average molecular weight is 386 g/mol. The number of nitrogens with zero attached hydrogens (tertiary/aromatic N) is 1. The molecule has 0 fully saturated rings. The monoisotopic (exact) mass is 386 g/mol. The summed E-state index contributed by atoms with van der Waals surface area (Å²) >= 11 is 0. The normalized spacial score (nSPS) is 13.2. The number of nitriles is 1. The van der Waals surface area contributed by atoms with E-state index in [0.717, 1.165) is 11.4 Å². The Labute approximate surface area is 177 Å². The van der Waals surface area contributed by atoms with E-state index in [-0.39, 0.29) is 5.41 Å². The third-order valence-corrected chi connectivity index (χ3v) is 6.09. The van der Waals surface area contributed by atoms with Crippen molar-refractivity contribution in [3.63, 3.8) is 0 Å². The molecule has 5 rings (SSSR count). The number of hydrogen-bond acceptors (Lipinski definition) is 2. The van der Waals surface area contributed by atoms with E-state index >= 15 is 0 Å². The molecule has 1 aliphatic rings. The Kier molecular flexibility index (Phi) is 4.19. The number of anilines is 2. The predicted molar refractivity (Wildman–Crippen MR) is 124 cm³/mol. The van der Waals surface area contributed by atoms with Crippen molar-refractivity contribution in [3.8, 4) is 28.3 Å². The molecule has 0 spiro atoms. The highest BCUT2D eigenvalue weighted by atomic mass is 14.9. The fourth-order valence-electron chi connectivity index (χ4n) is 4.44. The molecular formula is C28H22N2. The Morgan fingerprint density at radius 1 is 0.667 bits per heavy atom. The lowest BCUT2D eigenvalue weighted by molar-refractivity contribution is 0.660. The lowest BCUT2D eigenvalue weighted by Crippen LogP contribution is -2.15. The minimum absolute atomic E-state index is 0.0898. The lowest BCUT2D eigenvalue weighted by atomic mass is 9.82. The first kappa shape index (κ1) is 18.2. The average Bonchev–Trinajstić information content (AvgIpc) is 3.01. The first-order chi connectivity index (χ1) is 14.6. The van der Waals surface area contributed by atoms with Crippen LogP contribution in [0.2, 0.25) is 0 Å². The standard InChI is InChI=1S/C28H22N2/c1-28(2)26-15-8-19(18-29)16-25(26)24-14-13-23(17-27(24)28)30-22-11-9-21(10-12-22)20-6-4-3-5-7-20/h3-17,30H,1-2H3. The molecule has 0 saturated carbocycles. The quantitative estimate of drug-likeness (QED) is 0.402. The summed E-state index contributed by atoms with van der Waals surface area (Å²) in [5, 5.41) is 12.8. The zero-order chi connectivity index (χ0) is 20.7. The van der Waals surface area contributed by atoms with Gasteiger partial charge in [0, 0.05) is 16.8 Å². The molecular weight excluding hydrogens is 364 g/mol. The van der Waals surface area contributed by atoms with Crippen LogP contribution in [0.1, 0.15) is 30.5 Å². The molecule has 0 unspecified atom stereocenters. The van der Waals surface area contributed by atoms with Crippen LogP contribution in [-0.2, 0) is 5.41 Å². The predicted octanol–water partition coefficient (Wildman–Crippen LogP) is 7.28. The molecule has 4 aromatic carbocycles. The summed E-state index contributed by atoms with van der Waals surface area (Å²) in [7, 11) is 0. The van der Waals surface area contributed by atoms with E-state index in [1.54, 1.807) is 0 Å². The molecule has 0 atom stereocenters. The zero-order valence-corrected chi connectivity index (χ0v) is 17.1. The van der Waals surface area contributed by atoms with Crippen molar-refractivity contribution in [3.05, 3.63) is 108 Å². The van der Waals surface area contributed by atoms with E-state index in [1.807, 2.05) is 18.2 Å². The van der Waals surface area contributed by atoms with Crippen molar-refractivity contribution < 1.29 is 0 Å². The molecule has 1 N–H and O–H groups in total. The summed E-state index contributed by atoms with van der Waals surface area (Å²) in [6.07, 6.45) is 0. The van der Waals surface area contributed by atoms with Gasteiger partial charge < -0.3 is 5.32 Å². The molecule has 0 aromatic heterocycles. The van der Waals surface area contributed by atoms with E-state index in [1.165, 1.54) is 33.4 Å². The largest absolute Gasteiger partial charge is 0.356 e. The fraction of sp³-hybridized carbons (Fsp3) is 0.107. The van der Waals surface area contributed by atoms with Gasteiger partial charge in [-0.25, -0.2) is 0 Å². The third kappa shape index (κ3) is 2.96. The van der Waals surface area contributed by atoms with Gasteiger partial charge in [0.1, 0.15) is 0 Å². The Morgan fingerprint density at radius 3 is 2.10 bits per heavy atom. The number of nitrogens with one attached hydrogen (secondary N) is 1. The van der Waals surface area contributed by atoms with Crippen LogP contribution in [0, 0.1) is 11.3 Å². The molecule has 1 aliphatic carbocycles. The minimum Gasteiger partial charge on any atom is -0.356 e. The van der Waals surface area contributed by atoms with E-state index < -0.39 is 0 Å². The number of benzene rings is 4. The Hall–Kier alpha value is -3.83. The van der Waals surface area contributed by atoms with Crippen LogP contribution in [0.5, 0.6) is 0 Å². The van der Waals surface area contributed by atoms with Crippen LogP contribution < -0.4 is 5.32 Å². The number of rotatable bonds is 3. The maximum absolute atomic E-state index is 9.29. The number of fused-ring (bicyclic) bond motifs is 3. The summed E-state index contributed by atoms with van der Waals surface area (Å²) in [5.41, 5.74) is 10.1. The van der Waals surface area contributed by atoms with Crippen LogP contribution in [0.4, 0.5) is 11.4 Å². The molecule has 2 nitrogen and oxygen atoms in total. The summed E-state index contributed by atoms with van der Waals surface area (Å²) in [4.78, 5) is 0. The van der Waals surface area contributed by atoms with Crippen molar-refractivity contribution in [1.82, 2.24) is 0 Å². The van der Waals surface area contributed by atoms with E-state index in [2.05, 4.69) is 98.0 Å². The summed E-state index contributed by atoms with van der Waals surface area (Å²) in [6.45, 7) is 4.50. The molecule has 2 heteroatoms. The molecule has 0 amide bonds. The topological polar surface area (TPSA) is 35.8 Å². The third-order valence-electron chi connectivity index (χ3n) is 6.09. The molecule has 0 heterocycles. The summed E-state index contributed by atoms with van der Waals surface area (Å²) < 4.78 is 0. The van der Waals surface area contributed by atoms with Gasteiger partial charge in [-0.2, -0.15) is 5.26 Å². The van der Waals surface area contributed by atoms with E-state index in [0.29, 0.717) is 5.56 Å². The van der Waals surface area contributed by atoms with Crippen LogP contribution in [-0.4, -0.2) is 0 Å². The van der Waals surface area contributed by atoms with Gasteiger partial charge in [-0.3, -0.25) is 0 Å². The highest BCUT2D eigenvalue weighted by Crippen LogP contribution is 2.49. The summed E-state index contributed by atoms with van der Waals surface area (Å²) in [6, 6.07) is 33.8. The first-order valence-electron chi connectivity index (χ1n) is 10.2. The van der Waals surface area contributed by atoms with Gasteiger partial charge in [0.25, 0.3) is 0 Å². The van der Waals surface area contributed by atoms with Crippen molar-refractivity contribution in [2.75, 3.05) is 5.32 Å². The molecule has 30 heavy (non-hydrogen) atoms. The van der Waals surface area contributed by atoms with Crippen LogP contribution in [0.25, 0.3) is 22.3 Å². The highest BCUT2D eigenvalue weighted by molar-refractivity contribution is 5.83. The van der Waals surface area contributed by atoms with Gasteiger partial charge in [-0.1, -0.05) is 68.4 Å². The fourth-order valence-corrected chi connectivity index (χ4v) is 4.44. The first-order valence-corrected chi connectivity index (χ1v) is 10.2. The Bertz CT molecular complexity index is 1280. The van der Waals surface area contributed by atoms with Gasteiger partial charge in [-0.15, -0.1) is 0 Å². The zero-order valence-electron chi connectivity index (χ0n) is 17.1. The molecule has 4 aromatic rings. The molecule has 144 valence electrons.